The van der Waals surface area contributed by atoms with Crippen molar-refractivity contribution in [1.29, 1.82) is 0 Å². The molecule has 0 aliphatic carbocycles. The number of aromatic nitrogens is 2. The molecule has 1 unspecified atom stereocenters. The Morgan fingerprint density at radius 2 is 2.17 bits per heavy atom. The smallest absolute Gasteiger partial charge is 0.339 e. The van der Waals surface area contributed by atoms with E-state index in [9.17, 15) is 13.2 Å². The van der Waals surface area contributed by atoms with Crippen LogP contribution in [0.2, 0.25) is 0 Å². The van der Waals surface area contributed by atoms with Crippen molar-refractivity contribution in [2.24, 2.45) is 7.05 Å². The summed E-state index contributed by atoms with van der Waals surface area (Å²) < 4.78 is 38.5. The third-order valence-electron chi connectivity index (χ3n) is 3.56. The first-order valence-electron chi connectivity index (χ1n) is 7.11. The first kappa shape index (κ1) is 15.8. The normalized spacial score (nSPS) is 19.1. The minimum atomic E-state index is -3.62. The summed E-state index contributed by atoms with van der Waals surface area (Å²) in [6.07, 6.45) is 3.15. The SMILES string of the molecule is Cc1cc(OC2CCN(S(=O)(=O)c3cn(C)cn3)C2)cc(=O)o1. The Morgan fingerprint density at radius 1 is 1.39 bits per heavy atom. The number of sulfonamides is 1. The number of imidazole rings is 1. The third-order valence-corrected chi connectivity index (χ3v) is 5.31. The zero-order valence-electron chi connectivity index (χ0n) is 12.8. The zero-order chi connectivity index (χ0) is 16.6. The number of hydrogen-bond acceptors (Lipinski definition) is 6. The van der Waals surface area contributed by atoms with Crippen LogP contribution in [0.15, 0.2) is 38.9 Å². The zero-order valence-corrected chi connectivity index (χ0v) is 13.6. The van der Waals surface area contributed by atoms with Crippen LogP contribution in [-0.2, 0) is 17.1 Å². The average molecular weight is 339 g/mol. The van der Waals surface area contributed by atoms with Crippen LogP contribution < -0.4 is 10.4 Å². The summed E-state index contributed by atoms with van der Waals surface area (Å²) in [5.41, 5.74) is -0.490. The summed E-state index contributed by atoms with van der Waals surface area (Å²) in [7, 11) is -1.90. The van der Waals surface area contributed by atoms with Crippen molar-refractivity contribution >= 4 is 10.0 Å². The molecule has 9 heteroatoms. The highest BCUT2D eigenvalue weighted by Gasteiger charge is 2.35. The molecule has 124 valence electrons. The lowest BCUT2D eigenvalue weighted by atomic mass is 10.3. The van der Waals surface area contributed by atoms with E-state index in [-0.39, 0.29) is 17.7 Å². The molecular weight excluding hydrogens is 322 g/mol. The molecule has 0 aromatic carbocycles. The lowest BCUT2D eigenvalue weighted by molar-refractivity contribution is 0.213. The molecule has 3 heterocycles. The van der Waals surface area contributed by atoms with Gasteiger partial charge in [0.05, 0.1) is 18.9 Å². The van der Waals surface area contributed by atoms with Crippen LogP contribution >= 0.6 is 0 Å². The highest BCUT2D eigenvalue weighted by atomic mass is 32.2. The second-order valence-electron chi connectivity index (χ2n) is 5.49. The number of ether oxygens (including phenoxy) is 1. The average Bonchev–Trinajstić information content (AvgIpc) is 3.07. The van der Waals surface area contributed by atoms with Gasteiger partial charge in [-0.25, -0.2) is 18.2 Å². The molecule has 0 spiro atoms. The molecule has 2 aromatic rings. The summed E-state index contributed by atoms with van der Waals surface area (Å²) in [4.78, 5) is 15.2. The summed E-state index contributed by atoms with van der Waals surface area (Å²) in [5.74, 6) is 0.837. The molecule has 3 rings (SSSR count). The van der Waals surface area contributed by atoms with Gasteiger partial charge in [-0.1, -0.05) is 0 Å². The Morgan fingerprint density at radius 3 is 2.83 bits per heavy atom. The number of nitrogens with zero attached hydrogens (tertiary/aromatic N) is 3. The second-order valence-corrected chi connectivity index (χ2v) is 7.38. The fourth-order valence-corrected chi connectivity index (χ4v) is 3.96. The molecule has 0 bridgehead atoms. The predicted molar refractivity (Wildman–Crippen MR) is 80.7 cm³/mol. The summed E-state index contributed by atoms with van der Waals surface area (Å²) >= 11 is 0. The van der Waals surface area contributed by atoms with Gasteiger partial charge in [0.15, 0.2) is 5.03 Å². The molecule has 0 saturated carbocycles. The highest BCUT2D eigenvalue weighted by molar-refractivity contribution is 7.89. The summed E-state index contributed by atoms with van der Waals surface area (Å²) in [6.45, 7) is 2.23. The van der Waals surface area contributed by atoms with Crippen molar-refractivity contribution in [2.45, 2.75) is 24.5 Å². The Balaban J connectivity index is 1.72. The molecule has 1 saturated heterocycles. The lowest BCUT2D eigenvalue weighted by Crippen LogP contribution is -2.31. The lowest BCUT2D eigenvalue weighted by Gasteiger charge is -2.16. The fourth-order valence-electron chi connectivity index (χ4n) is 2.50. The first-order chi connectivity index (χ1) is 10.8. The van der Waals surface area contributed by atoms with E-state index >= 15 is 0 Å². The number of hydrogen-bond donors (Lipinski definition) is 0. The number of aryl methyl sites for hydroxylation is 2. The van der Waals surface area contributed by atoms with Gasteiger partial charge in [-0.3, -0.25) is 0 Å². The van der Waals surface area contributed by atoms with Crippen molar-refractivity contribution in [1.82, 2.24) is 13.9 Å². The molecule has 0 N–H and O–H groups in total. The molecule has 2 aromatic heterocycles. The highest BCUT2D eigenvalue weighted by Crippen LogP contribution is 2.23. The van der Waals surface area contributed by atoms with Gasteiger partial charge in [-0.05, 0) is 13.3 Å². The molecular formula is C14H17N3O5S. The van der Waals surface area contributed by atoms with E-state index in [1.165, 1.54) is 22.9 Å². The van der Waals surface area contributed by atoms with Crippen LogP contribution in [0.3, 0.4) is 0 Å². The van der Waals surface area contributed by atoms with Gasteiger partial charge in [-0.15, -0.1) is 0 Å². The van der Waals surface area contributed by atoms with Crippen LogP contribution in [0, 0.1) is 6.92 Å². The molecule has 23 heavy (non-hydrogen) atoms. The summed E-state index contributed by atoms with van der Waals surface area (Å²) in [6, 6.07) is 2.86. The van der Waals surface area contributed by atoms with Gasteiger partial charge >= 0.3 is 5.63 Å². The van der Waals surface area contributed by atoms with Gasteiger partial charge in [0.2, 0.25) is 0 Å². The second kappa shape index (κ2) is 5.82. The van der Waals surface area contributed by atoms with Crippen LogP contribution in [0.25, 0.3) is 0 Å². The van der Waals surface area contributed by atoms with E-state index in [1.807, 2.05) is 0 Å². The van der Waals surface area contributed by atoms with Crippen molar-refractivity contribution in [3.05, 3.63) is 40.8 Å². The van der Waals surface area contributed by atoms with Crippen LogP contribution in [0.1, 0.15) is 12.2 Å². The number of rotatable bonds is 4. The third kappa shape index (κ3) is 3.30. The summed E-state index contributed by atoms with van der Waals surface area (Å²) in [5, 5.41) is 0.0249. The Labute approximate surface area is 133 Å². The maximum atomic E-state index is 12.5. The van der Waals surface area contributed by atoms with E-state index in [0.717, 1.165) is 0 Å². The van der Waals surface area contributed by atoms with Gasteiger partial charge in [0.1, 0.15) is 17.6 Å². The van der Waals surface area contributed by atoms with Crippen molar-refractivity contribution in [2.75, 3.05) is 13.1 Å². The minimum absolute atomic E-state index is 0.0249. The Kier molecular flexibility index (Phi) is 3.99. The van der Waals surface area contributed by atoms with Gasteiger partial charge in [0, 0.05) is 25.9 Å². The van der Waals surface area contributed by atoms with Gasteiger partial charge in [-0.2, -0.15) is 4.31 Å². The van der Waals surface area contributed by atoms with Crippen molar-refractivity contribution < 1.29 is 17.6 Å². The fraction of sp³-hybridized carbons (Fsp3) is 0.429. The molecule has 1 atom stereocenters. The van der Waals surface area contributed by atoms with E-state index in [4.69, 9.17) is 9.15 Å². The predicted octanol–water partition coefficient (Wildman–Crippen LogP) is 0.524. The van der Waals surface area contributed by atoms with Crippen LogP contribution in [0.4, 0.5) is 0 Å². The standard InChI is InChI=1S/C14H17N3O5S/c1-10-5-12(6-14(18)21-10)22-11-3-4-17(7-11)23(19,20)13-8-16(2)9-15-13/h5-6,8-9,11H,3-4,7H2,1-2H3. The topological polar surface area (TPSA) is 94.6 Å². The van der Waals surface area contributed by atoms with E-state index in [1.54, 1.807) is 24.6 Å². The maximum absolute atomic E-state index is 12.5. The quantitative estimate of drug-likeness (QED) is 0.806. The molecule has 0 amide bonds. The van der Waals surface area contributed by atoms with Crippen molar-refractivity contribution in [3.8, 4) is 5.75 Å². The van der Waals surface area contributed by atoms with Gasteiger partial charge in [0.25, 0.3) is 10.0 Å². The maximum Gasteiger partial charge on any atom is 0.339 e. The van der Waals surface area contributed by atoms with Crippen molar-refractivity contribution in [3.63, 3.8) is 0 Å². The molecule has 1 aliphatic rings. The van der Waals surface area contributed by atoms with Gasteiger partial charge < -0.3 is 13.7 Å². The largest absolute Gasteiger partial charge is 0.489 e. The molecule has 1 fully saturated rings. The van der Waals surface area contributed by atoms with E-state index in [2.05, 4.69) is 4.98 Å². The van der Waals surface area contributed by atoms with E-state index in [0.29, 0.717) is 24.5 Å². The molecule has 1 aliphatic heterocycles. The molecule has 8 nitrogen and oxygen atoms in total. The Bertz CT molecular complexity index is 871. The molecule has 0 radical (unpaired) electrons. The minimum Gasteiger partial charge on any atom is -0.489 e. The first-order valence-corrected chi connectivity index (χ1v) is 8.55. The Hall–Kier alpha value is -2.13. The van der Waals surface area contributed by atoms with E-state index < -0.39 is 15.6 Å². The van der Waals surface area contributed by atoms with Crippen LogP contribution in [0.5, 0.6) is 5.75 Å². The van der Waals surface area contributed by atoms with Crippen LogP contribution in [-0.4, -0.2) is 41.5 Å². The monoisotopic (exact) mass is 339 g/mol.